The molecule has 0 fully saturated rings. The standard InChI is InChI=1S/C23H31NO4/c1-17(28-21-9-7-6-8-10-21)22(26)24(5)15-19(25)16-27-20-13-11-18(12-14-20)23(2,3)4/h6-14,17,19,25H,15-16H2,1-5H3/t17-,19+/m1/s1. The van der Waals surface area contributed by atoms with Gasteiger partial charge in [-0.1, -0.05) is 51.1 Å². The predicted octanol–water partition coefficient (Wildman–Crippen LogP) is 3.65. The Bertz CT molecular complexity index is 737. The number of hydrogen-bond acceptors (Lipinski definition) is 4. The van der Waals surface area contributed by atoms with Crippen LogP contribution in [0.1, 0.15) is 33.3 Å². The van der Waals surface area contributed by atoms with Gasteiger partial charge in [0.15, 0.2) is 6.10 Å². The number of aliphatic hydroxyl groups is 1. The molecule has 152 valence electrons. The number of carbonyl (C=O) groups excluding carboxylic acids is 1. The van der Waals surface area contributed by atoms with Crippen LogP contribution in [0, 0.1) is 0 Å². The first kappa shape index (κ1) is 21.8. The van der Waals surface area contributed by atoms with Crippen LogP contribution in [0.3, 0.4) is 0 Å². The monoisotopic (exact) mass is 385 g/mol. The van der Waals surface area contributed by atoms with Crippen LogP contribution in [0.4, 0.5) is 0 Å². The molecule has 28 heavy (non-hydrogen) atoms. The van der Waals surface area contributed by atoms with Gasteiger partial charge in [-0.25, -0.2) is 0 Å². The maximum absolute atomic E-state index is 12.4. The Labute approximate surface area is 167 Å². The van der Waals surface area contributed by atoms with Gasteiger partial charge in [-0.2, -0.15) is 0 Å². The average Bonchev–Trinajstić information content (AvgIpc) is 2.66. The molecule has 0 radical (unpaired) electrons. The summed E-state index contributed by atoms with van der Waals surface area (Å²) >= 11 is 0. The zero-order chi connectivity index (χ0) is 20.7. The van der Waals surface area contributed by atoms with E-state index in [0.717, 1.165) is 0 Å². The highest BCUT2D eigenvalue weighted by molar-refractivity contribution is 5.80. The van der Waals surface area contributed by atoms with E-state index < -0.39 is 12.2 Å². The molecule has 0 bridgehead atoms. The Morgan fingerprint density at radius 1 is 1.04 bits per heavy atom. The number of aliphatic hydroxyl groups excluding tert-OH is 1. The van der Waals surface area contributed by atoms with Gasteiger partial charge in [0.1, 0.15) is 24.2 Å². The minimum absolute atomic E-state index is 0.0830. The predicted molar refractivity (Wildman–Crippen MR) is 111 cm³/mol. The molecule has 0 aromatic heterocycles. The van der Waals surface area contributed by atoms with Crippen molar-refractivity contribution >= 4 is 5.91 Å². The van der Waals surface area contributed by atoms with E-state index in [1.165, 1.54) is 10.5 Å². The van der Waals surface area contributed by atoms with E-state index in [2.05, 4.69) is 20.8 Å². The number of nitrogens with zero attached hydrogens (tertiary/aromatic N) is 1. The van der Waals surface area contributed by atoms with Crippen molar-refractivity contribution in [3.63, 3.8) is 0 Å². The second kappa shape index (κ2) is 9.60. The molecule has 0 saturated heterocycles. The van der Waals surface area contributed by atoms with E-state index in [9.17, 15) is 9.90 Å². The smallest absolute Gasteiger partial charge is 0.263 e. The number of hydrogen-bond donors (Lipinski definition) is 1. The number of benzene rings is 2. The maximum atomic E-state index is 12.4. The molecule has 2 atom stereocenters. The first-order valence-electron chi connectivity index (χ1n) is 9.55. The second-order valence-corrected chi connectivity index (χ2v) is 8.03. The number of ether oxygens (including phenoxy) is 2. The van der Waals surface area contributed by atoms with E-state index >= 15 is 0 Å². The van der Waals surface area contributed by atoms with Crippen LogP contribution in [0.5, 0.6) is 11.5 Å². The molecule has 2 aromatic rings. The van der Waals surface area contributed by atoms with Gasteiger partial charge in [0.2, 0.25) is 0 Å². The Kier molecular flexibility index (Phi) is 7.46. The minimum atomic E-state index is -0.792. The normalized spacial score (nSPS) is 13.5. The fraction of sp³-hybridized carbons (Fsp3) is 0.435. The van der Waals surface area contributed by atoms with Crippen LogP contribution >= 0.6 is 0 Å². The van der Waals surface area contributed by atoms with Gasteiger partial charge in [0.25, 0.3) is 5.91 Å². The van der Waals surface area contributed by atoms with Crippen LogP contribution in [0.2, 0.25) is 0 Å². The van der Waals surface area contributed by atoms with E-state index in [0.29, 0.717) is 11.5 Å². The SMILES string of the molecule is C[C@@H](Oc1ccccc1)C(=O)N(C)C[C@H](O)COc1ccc(C(C)(C)C)cc1. The van der Waals surface area contributed by atoms with Gasteiger partial charge < -0.3 is 19.5 Å². The molecule has 2 rings (SSSR count). The van der Waals surface area contributed by atoms with Crippen LogP contribution < -0.4 is 9.47 Å². The number of carbonyl (C=O) groups is 1. The third-order valence-corrected chi connectivity index (χ3v) is 4.43. The summed E-state index contributed by atoms with van der Waals surface area (Å²) in [7, 11) is 1.65. The Morgan fingerprint density at radius 2 is 1.64 bits per heavy atom. The third-order valence-electron chi connectivity index (χ3n) is 4.43. The minimum Gasteiger partial charge on any atom is -0.491 e. The fourth-order valence-corrected chi connectivity index (χ4v) is 2.77. The summed E-state index contributed by atoms with van der Waals surface area (Å²) in [4.78, 5) is 13.9. The van der Waals surface area contributed by atoms with Crippen molar-refractivity contribution in [2.45, 2.75) is 45.3 Å². The molecule has 1 amide bonds. The van der Waals surface area contributed by atoms with E-state index in [1.807, 2.05) is 42.5 Å². The lowest BCUT2D eigenvalue weighted by Crippen LogP contribution is -2.43. The van der Waals surface area contributed by atoms with Crippen molar-refractivity contribution in [3.8, 4) is 11.5 Å². The van der Waals surface area contributed by atoms with Crippen molar-refractivity contribution in [2.75, 3.05) is 20.2 Å². The summed E-state index contributed by atoms with van der Waals surface area (Å²) in [5.41, 5.74) is 1.30. The van der Waals surface area contributed by atoms with Crippen molar-refractivity contribution in [2.24, 2.45) is 0 Å². The van der Waals surface area contributed by atoms with E-state index in [4.69, 9.17) is 9.47 Å². The Balaban J connectivity index is 1.79. The summed E-state index contributed by atoms with van der Waals surface area (Å²) in [5.74, 6) is 1.14. The number of amides is 1. The fourth-order valence-electron chi connectivity index (χ4n) is 2.77. The molecule has 2 aromatic carbocycles. The number of likely N-dealkylation sites (N-methyl/N-ethyl adjacent to an activating group) is 1. The zero-order valence-electron chi connectivity index (χ0n) is 17.4. The first-order chi connectivity index (χ1) is 13.2. The van der Waals surface area contributed by atoms with Gasteiger partial charge in [-0.05, 0) is 42.2 Å². The van der Waals surface area contributed by atoms with Crippen molar-refractivity contribution in [1.82, 2.24) is 4.90 Å². The molecular weight excluding hydrogens is 354 g/mol. The van der Waals surface area contributed by atoms with Crippen LogP contribution in [-0.2, 0) is 10.2 Å². The lowest BCUT2D eigenvalue weighted by atomic mass is 9.87. The zero-order valence-corrected chi connectivity index (χ0v) is 17.4. The summed E-state index contributed by atoms with van der Waals surface area (Å²) in [6, 6.07) is 17.1. The molecule has 5 heteroatoms. The van der Waals surface area contributed by atoms with E-state index in [-0.39, 0.29) is 24.5 Å². The van der Waals surface area contributed by atoms with Gasteiger partial charge in [0, 0.05) is 13.6 Å². The summed E-state index contributed by atoms with van der Waals surface area (Å²) < 4.78 is 11.3. The average molecular weight is 386 g/mol. The Hall–Kier alpha value is -2.53. The second-order valence-electron chi connectivity index (χ2n) is 8.03. The van der Waals surface area contributed by atoms with Gasteiger partial charge >= 0.3 is 0 Å². The quantitative estimate of drug-likeness (QED) is 0.754. The molecule has 0 aliphatic heterocycles. The highest BCUT2D eigenvalue weighted by Gasteiger charge is 2.21. The maximum Gasteiger partial charge on any atom is 0.263 e. The largest absolute Gasteiger partial charge is 0.491 e. The lowest BCUT2D eigenvalue weighted by Gasteiger charge is -2.24. The Morgan fingerprint density at radius 3 is 2.21 bits per heavy atom. The molecule has 0 saturated carbocycles. The third kappa shape index (κ3) is 6.57. The van der Waals surface area contributed by atoms with Crippen LogP contribution in [-0.4, -0.2) is 48.3 Å². The van der Waals surface area contributed by atoms with Crippen molar-refractivity contribution in [1.29, 1.82) is 0 Å². The van der Waals surface area contributed by atoms with Crippen LogP contribution in [0.25, 0.3) is 0 Å². The van der Waals surface area contributed by atoms with Gasteiger partial charge in [-0.3, -0.25) is 4.79 Å². The molecule has 0 aliphatic carbocycles. The summed E-state index contributed by atoms with van der Waals surface area (Å²) in [5, 5.41) is 10.2. The summed E-state index contributed by atoms with van der Waals surface area (Å²) in [6.07, 6.45) is -1.43. The van der Waals surface area contributed by atoms with E-state index in [1.54, 1.807) is 26.1 Å². The highest BCUT2D eigenvalue weighted by atomic mass is 16.5. The first-order valence-corrected chi connectivity index (χ1v) is 9.55. The molecule has 0 spiro atoms. The van der Waals surface area contributed by atoms with Crippen molar-refractivity contribution < 1.29 is 19.4 Å². The highest BCUT2D eigenvalue weighted by Crippen LogP contribution is 2.24. The molecule has 0 aliphatic rings. The molecule has 0 unspecified atom stereocenters. The summed E-state index contributed by atoms with van der Waals surface area (Å²) in [6.45, 7) is 8.44. The number of para-hydroxylation sites is 1. The van der Waals surface area contributed by atoms with Gasteiger partial charge in [-0.15, -0.1) is 0 Å². The topological polar surface area (TPSA) is 59.0 Å². The molecule has 5 nitrogen and oxygen atoms in total. The number of rotatable bonds is 8. The molecular formula is C23H31NO4. The lowest BCUT2D eigenvalue weighted by molar-refractivity contribution is -0.138. The van der Waals surface area contributed by atoms with Crippen LogP contribution in [0.15, 0.2) is 54.6 Å². The molecule has 0 heterocycles. The van der Waals surface area contributed by atoms with Gasteiger partial charge in [0.05, 0.1) is 0 Å². The van der Waals surface area contributed by atoms with Crippen molar-refractivity contribution in [3.05, 3.63) is 60.2 Å². The molecule has 1 N–H and O–H groups in total.